The van der Waals surface area contributed by atoms with Gasteiger partial charge in [-0.3, -0.25) is 4.79 Å². The van der Waals surface area contributed by atoms with Gasteiger partial charge in [0.1, 0.15) is 5.56 Å². The lowest BCUT2D eigenvalue weighted by Crippen LogP contribution is -2.32. The van der Waals surface area contributed by atoms with Crippen LogP contribution in [0.15, 0.2) is 41.5 Å². The standard InChI is InChI=1S/C19H18F3NO4/c20-19(21,22)14-6-2-1-5-13(14)18(7-3-4-8-18)11-23-9-12(17(26)27)16(25)15(24)10-23/h1-2,5-6,9-10,24H,3-4,7-8,11H2,(H,26,27). The van der Waals surface area contributed by atoms with E-state index in [4.69, 9.17) is 5.11 Å². The molecule has 8 heteroatoms. The van der Waals surface area contributed by atoms with E-state index in [1.807, 2.05) is 0 Å². The molecule has 5 nitrogen and oxygen atoms in total. The summed E-state index contributed by atoms with van der Waals surface area (Å²) in [7, 11) is 0. The predicted octanol–water partition coefficient (Wildman–Crippen LogP) is 3.78. The van der Waals surface area contributed by atoms with Gasteiger partial charge < -0.3 is 14.8 Å². The Kier molecular flexibility index (Phi) is 4.75. The normalized spacial score (nSPS) is 16.4. The number of hydrogen-bond acceptors (Lipinski definition) is 3. The van der Waals surface area contributed by atoms with Gasteiger partial charge in [-0.25, -0.2) is 4.79 Å². The van der Waals surface area contributed by atoms with Gasteiger partial charge in [-0.1, -0.05) is 31.0 Å². The third kappa shape index (κ3) is 3.56. The molecule has 0 amide bonds. The Balaban J connectivity index is 2.11. The van der Waals surface area contributed by atoms with Gasteiger partial charge in [0.05, 0.1) is 5.56 Å². The van der Waals surface area contributed by atoms with E-state index in [9.17, 15) is 27.9 Å². The molecule has 0 spiro atoms. The summed E-state index contributed by atoms with van der Waals surface area (Å²) in [6.07, 6.45) is 0.106. The van der Waals surface area contributed by atoms with Crippen LogP contribution in [-0.2, 0) is 18.1 Å². The smallest absolute Gasteiger partial charge is 0.416 e. The van der Waals surface area contributed by atoms with Gasteiger partial charge in [-0.05, 0) is 24.5 Å². The van der Waals surface area contributed by atoms with Crippen LogP contribution in [0.25, 0.3) is 0 Å². The highest BCUT2D eigenvalue weighted by Gasteiger charge is 2.43. The molecule has 0 bridgehead atoms. The average Bonchev–Trinajstić information content (AvgIpc) is 3.06. The van der Waals surface area contributed by atoms with Gasteiger partial charge >= 0.3 is 12.1 Å². The summed E-state index contributed by atoms with van der Waals surface area (Å²) in [6, 6.07) is 5.38. The molecule has 0 unspecified atom stereocenters. The van der Waals surface area contributed by atoms with E-state index in [0.29, 0.717) is 12.8 Å². The lowest BCUT2D eigenvalue weighted by Gasteiger charge is -2.33. The van der Waals surface area contributed by atoms with Gasteiger partial charge in [-0.15, -0.1) is 0 Å². The molecule has 2 aromatic rings. The number of hydrogen-bond donors (Lipinski definition) is 2. The van der Waals surface area contributed by atoms with Crippen molar-refractivity contribution in [3.05, 3.63) is 63.6 Å². The first kappa shape index (κ1) is 19.0. The molecule has 1 aliphatic carbocycles. The van der Waals surface area contributed by atoms with E-state index in [1.165, 1.54) is 16.7 Å². The molecule has 1 fully saturated rings. The van der Waals surface area contributed by atoms with Gasteiger partial charge in [-0.2, -0.15) is 13.2 Å². The van der Waals surface area contributed by atoms with E-state index in [-0.39, 0.29) is 12.1 Å². The highest BCUT2D eigenvalue weighted by molar-refractivity contribution is 5.87. The molecule has 1 heterocycles. The van der Waals surface area contributed by atoms with Crippen molar-refractivity contribution in [2.45, 2.75) is 43.8 Å². The largest absolute Gasteiger partial charge is 0.503 e. The number of carbonyl (C=O) groups is 1. The fourth-order valence-corrected chi connectivity index (χ4v) is 3.97. The molecular weight excluding hydrogens is 363 g/mol. The molecule has 1 saturated carbocycles. The number of carboxylic acids is 1. The topological polar surface area (TPSA) is 79.5 Å². The Hall–Kier alpha value is -2.77. The van der Waals surface area contributed by atoms with Crippen LogP contribution in [0, 0.1) is 0 Å². The maximum absolute atomic E-state index is 13.5. The van der Waals surface area contributed by atoms with Crippen LogP contribution < -0.4 is 5.43 Å². The zero-order chi connectivity index (χ0) is 19.8. The third-order valence-corrected chi connectivity index (χ3v) is 5.14. The summed E-state index contributed by atoms with van der Waals surface area (Å²) in [5.41, 5.74) is -3.05. The molecule has 1 aliphatic rings. The van der Waals surface area contributed by atoms with Crippen LogP contribution in [0.1, 0.15) is 47.2 Å². The molecule has 2 N–H and O–H groups in total. The molecule has 0 saturated heterocycles. The molecule has 27 heavy (non-hydrogen) atoms. The Morgan fingerprint density at radius 2 is 1.78 bits per heavy atom. The molecule has 3 rings (SSSR count). The first-order valence-corrected chi connectivity index (χ1v) is 8.47. The van der Waals surface area contributed by atoms with Crippen molar-refractivity contribution in [1.29, 1.82) is 0 Å². The number of carboxylic acid groups (broad SMARTS) is 1. The number of benzene rings is 1. The quantitative estimate of drug-likeness (QED) is 0.845. The van der Waals surface area contributed by atoms with Gasteiger partial charge in [0, 0.05) is 24.4 Å². The maximum Gasteiger partial charge on any atom is 0.416 e. The summed E-state index contributed by atoms with van der Waals surface area (Å²) in [5, 5.41) is 18.9. The number of rotatable bonds is 4. The van der Waals surface area contributed by atoms with E-state index < -0.39 is 39.9 Å². The van der Waals surface area contributed by atoms with Crippen molar-refractivity contribution in [2.24, 2.45) is 0 Å². The molecule has 1 aromatic carbocycles. The molecule has 144 valence electrons. The summed E-state index contributed by atoms with van der Waals surface area (Å²) in [4.78, 5) is 23.0. The Labute approximate surface area is 152 Å². The fraction of sp³-hybridized carbons (Fsp3) is 0.368. The molecule has 0 aliphatic heterocycles. The molecule has 0 radical (unpaired) electrons. The van der Waals surface area contributed by atoms with Crippen molar-refractivity contribution >= 4 is 5.97 Å². The van der Waals surface area contributed by atoms with Crippen molar-refractivity contribution in [2.75, 3.05) is 0 Å². The number of aromatic carboxylic acids is 1. The summed E-state index contributed by atoms with van der Waals surface area (Å²) in [6.45, 7) is 0.0359. The number of nitrogens with zero attached hydrogens (tertiary/aromatic N) is 1. The first-order chi connectivity index (χ1) is 12.6. The van der Waals surface area contributed by atoms with Crippen molar-refractivity contribution in [1.82, 2.24) is 4.57 Å². The van der Waals surface area contributed by atoms with Gasteiger partial charge in [0.2, 0.25) is 5.43 Å². The summed E-state index contributed by atoms with van der Waals surface area (Å²) in [5.74, 6) is -2.24. The minimum absolute atomic E-state index is 0.0359. The highest BCUT2D eigenvalue weighted by Crippen LogP contribution is 2.47. The van der Waals surface area contributed by atoms with Crippen LogP contribution in [0.3, 0.4) is 0 Å². The predicted molar refractivity (Wildman–Crippen MR) is 90.9 cm³/mol. The Bertz CT molecular complexity index is 927. The third-order valence-electron chi connectivity index (χ3n) is 5.14. The van der Waals surface area contributed by atoms with Gasteiger partial charge in [0.15, 0.2) is 5.75 Å². The Morgan fingerprint density at radius 3 is 2.37 bits per heavy atom. The number of aromatic hydroxyl groups is 1. The van der Waals surface area contributed by atoms with E-state index in [0.717, 1.165) is 31.3 Å². The molecular formula is C19H18F3NO4. The number of alkyl halides is 3. The van der Waals surface area contributed by atoms with Crippen LogP contribution in [0.5, 0.6) is 5.75 Å². The van der Waals surface area contributed by atoms with Crippen molar-refractivity contribution < 1.29 is 28.2 Å². The summed E-state index contributed by atoms with van der Waals surface area (Å²) < 4.78 is 41.9. The molecule has 0 atom stereocenters. The number of aromatic nitrogens is 1. The number of pyridine rings is 1. The van der Waals surface area contributed by atoms with Crippen LogP contribution in [-0.4, -0.2) is 20.7 Å². The van der Waals surface area contributed by atoms with Crippen molar-refractivity contribution in [3.63, 3.8) is 0 Å². The van der Waals surface area contributed by atoms with Crippen molar-refractivity contribution in [3.8, 4) is 5.75 Å². The molecule has 1 aromatic heterocycles. The second-order valence-electron chi connectivity index (χ2n) is 6.89. The zero-order valence-electron chi connectivity index (χ0n) is 14.3. The van der Waals surface area contributed by atoms with Crippen LogP contribution in [0.2, 0.25) is 0 Å². The lowest BCUT2D eigenvalue weighted by molar-refractivity contribution is -0.138. The number of halogens is 3. The van der Waals surface area contributed by atoms with E-state index in [2.05, 4.69) is 0 Å². The first-order valence-electron chi connectivity index (χ1n) is 8.47. The SMILES string of the molecule is O=C(O)c1cn(CC2(c3ccccc3C(F)(F)F)CCCC2)cc(O)c1=O. The highest BCUT2D eigenvalue weighted by atomic mass is 19.4. The second kappa shape index (κ2) is 6.75. The van der Waals surface area contributed by atoms with E-state index >= 15 is 0 Å². The van der Waals surface area contributed by atoms with Crippen LogP contribution >= 0.6 is 0 Å². The van der Waals surface area contributed by atoms with Gasteiger partial charge in [0.25, 0.3) is 0 Å². The monoisotopic (exact) mass is 381 g/mol. The summed E-state index contributed by atoms with van der Waals surface area (Å²) >= 11 is 0. The minimum atomic E-state index is -4.51. The lowest BCUT2D eigenvalue weighted by atomic mass is 9.76. The van der Waals surface area contributed by atoms with E-state index in [1.54, 1.807) is 6.07 Å². The fourth-order valence-electron chi connectivity index (χ4n) is 3.97. The van der Waals surface area contributed by atoms with Crippen LogP contribution in [0.4, 0.5) is 13.2 Å². The second-order valence-corrected chi connectivity index (χ2v) is 6.89. The maximum atomic E-state index is 13.5. The average molecular weight is 381 g/mol. The minimum Gasteiger partial charge on any atom is -0.503 e. The zero-order valence-corrected chi connectivity index (χ0v) is 14.3. The Morgan fingerprint density at radius 1 is 1.15 bits per heavy atom.